The van der Waals surface area contributed by atoms with E-state index in [1.807, 2.05) is 73.7 Å². The number of benzene rings is 3. The monoisotopic (exact) mass is 525 g/mol. The van der Waals surface area contributed by atoms with E-state index in [9.17, 15) is 14.7 Å². The molecule has 0 unspecified atom stereocenters. The fourth-order valence-electron chi connectivity index (χ4n) is 5.26. The van der Waals surface area contributed by atoms with Crippen LogP contribution in [0.2, 0.25) is 0 Å². The van der Waals surface area contributed by atoms with Crippen molar-refractivity contribution in [3.8, 4) is 11.5 Å². The molecule has 3 aromatic carbocycles. The van der Waals surface area contributed by atoms with Gasteiger partial charge in [-0.05, 0) is 72.7 Å². The van der Waals surface area contributed by atoms with Crippen LogP contribution in [0.25, 0.3) is 5.76 Å². The molecule has 2 aliphatic heterocycles. The predicted octanol–water partition coefficient (Wildman–Crippen LogP) is 6.10. The van der Waals surface area contributed by atoms with Crippen LogP contribution >= 0.6 is 0 Å². The van der Waals surface area contributed by atoms with Crippen molar-refractivity contribution in [1.29, 1.82) is 0 Å². The summed E-state index contributed by atoms with van der Waals surface area (Å²) in [6, 6.07) is 22.0. The summed E-state index contributed by atoms with van der Waals surface area (Å²) in [6.45, 7) is 7.19. The van der Waals surface area contributed by atoms with E-state index in [1.54, 1.807) is 11.0 Å². The summed E-state index contributed by atoms with van der Waals surface area (Å²) in [5.41, 5.74) is 3.36. The number of Topliss-reactive ketones (excluding diaryl/α,β-unsaturated/α-hetero) is 1. The molecule has 2 aliphatic rings. The lowest BCUT2D eigenvalue weighted by Gasteiger charge is -2.26. The number of carbonyl (C=O) groups excluding carboxylic acids is 2. The number of ketones is 1. The van der Waals surface area contributed by atoms with Gasteiger partial charge in [-0.25, -0.2) is 0 Å². The number of fused-ring (bicyclic) bond motifs is 1. The number of hydrogen-bond donors (Lipinski definition) is 1. The van der Waals surface area contributed by atoms with Gasteiger partial charge in [0.2, 0.25) is 0 Å². The van der Waals surface area contributed by atoms with Crippen LogP contribution in [0.5, 0.6) is 11.5 Å². The molecule has 0 aliphatic carbocycles. The van der Waals surface area contributed by atoms with Crippen molar-refractivity contribution in [2.45, 2.75) is 52.2 Å². The highest BCUT2D eigenvalue weighted by Crippen LogP contribution is 2.41. The number of carbonyl (C=O) groups is 2. The van der Waals surface area contributed by atoms with Crippen LogP contribution in [0.4, 0.5) is 0 Å². The highest BCUT2D eigenvalue weighted by molar-refractivity contribution is 6.46. The largest absolute Gasteiger partial charge is 0.507 e. The Labute approximate surface area is 229 Å². The van der Waals surface area contributed by atoms with Gasteiger partial charge in [0.25, 0.3) is 11.7 Å². The normalized spacial score (nSPS) is 19.8. The van der Waals surface area contributed by atoms with Gasteiger partial charge in [-0.15, -0.1) is 0 Å². The molecule has 0 radical (unpaired) electrons. The summed E-state index contributed by atoms with van der Waals surface area (Å²) in [7, 11) is 0. The van der Waals surface area contributed by atoms with Gasteiger partial charge in [-0.2, -0.15) is 0 Å². The van der Waals surface area contributed by atoms with Crippen molar-refractivity contribution in [2.24, 2.45) is 5.92 Å². The van der Waals surface area contributed by atoms with Gasteiger partial charge in [0.05, 0.1) is 18.2 Å². The first-order valence-electron chi connectivity index (χ1n) is 13.7. The third-order valence-corrected chi connectivity index (χ3v) is 7.33. The summed E-state index contributed by atoms with van der Waals surface area (Å²) < 4.78 is 11.8. The fourth-order valence-corrected chi connectivity index (χ4v) is 5.26. The minimum Gasteiger partial charge on any atom is -0.507 e. The molecule has 0 spiro atoms. The fraction of sp³-hybridized carbons (Fsp3) is 0.333. The SMILES string of the molecule is CC(C)CCOc1cccc([C@H]2C(=C(O)c3ccc4c(c3)C[C@@H](C)O4)C(=O)C(=O)N2CCc2ccccc2)c1. The highest BCUT2D eigenvalue weighted by atomic mass is 16.5. The summed E-state index contributed by atoms with van der Waals surface area (Å²) in [5, 5.41) is 11.5. The summed E-state index contributed by atoms with van der Waals surface area (Å²) in [5.74, 6) is 0.507. The second-order valence-corrected chi connectivity index (χ2v) is 10.8. The second kappa shape index (κ2) is 11.4. The van der Waals surface area contributed by atoms with Gasteiger partial charge < -0.3 is 19.5 Å². The average molecular weight is 526 g/mol. The molecule has 202 valence electrons. The van der Waals surface area contributed by atoms with Gasteiger partial charge in [-0.1, -0.05) is 56.3 Å². The lowest BCUT2D eigenvalue weighted by molar-refractivity contribution is -0.139. The molecule has 3 aromatic rings. The number of aliphatic hydroxyl groups excluding tert-OH is 1. The molecule has 1 saturated heterocycles. The molecule has 0 saturated carbocycles. The zero-order valence-corrected chi connectivity index (χ0v) is 22.7. The number of rotatable bonds is 9. The quantitative estimate of drug-likeness (QED) is 0.208. The number of ether oxygens (including phenoxy) is 2. The Bertz CT molecular complexity index is 1390. The van der Waals surface area contributed by atoms with E-state index in [0.717, 1.165) is 35.3 Å². The highest BCUT2D eigenvalue weighted by Gasteiger charge is 2.46. The summed E-state index contributed by atoms with van der Waals surface area (Å²) >= 11 is 0. The third-order valence-electron chi connectivity index (χ3n) is 7.33. The van der Waals surface area contributed by atoms with E-state index in [0.29, 0.717) is 36.8 Å². The van der Waals surface area contributed by atoms with Gasteiger partial charge >= 0.3 is 0 Å². The topological polar surface area (TPSA) is 76.1 Å². The Morgan fingerprint density at radius 2 is 1.85 bits per heavy atom. The predicted molar refractivity (Wildman–Crippen MR) is 151 cm³/mol. The van der Waals surface area contributed by atoms with Crippen LogP contribution in [0.3, 0.4) is 0 Å². The van der Waals surface area contributed by atoms with Crippen molar-refractivity contribution in [2.75, 3.05) is 13.2 Å². The molecule has 2 heterocycles. The van der Waals surface area contributed by atoms with E-state index in [2.05, 4.69) is 13.8 Å². The molecule has 6 heteroatoms. The van der Waals surface area contributed by atoms with Gasteiger partial charge in [-0.3, -0.25) is 9.59 Å². The maximum Gasteiger partial charge on any atom is 0.295 e. The molecule has 2 atom stereocenters. The Morgan fingerprint density at radius 1 is 1.05 bits per heavy atom. The van der Waals surface area contributed by atoms with Crippen LogP contribution in [-0.4, -0.2) is 41.0 Å². The van der Waals surface area contributed by atoms with Crippen LogP contribution < -0.4 is 9.47 Å². The minimum absolute atomic E-state index is 0.0550. The molecule has 1 amide bonds. The first-order chi connectivity index (χ1) is 18.8. The van der Waals surface area contributed by atoms with Crippen molar-refractivity contribution in [1.82, 2.24) is 4.90 Å². The standard InChI is InChI=1S/C33H35NO5/c1-21(2)15-17-38-27-11-7-10-24(20-27)30-29(31(35)25-12-13-28-26(19-25)18-22(3)39-28)32(36)33(37)34(30)16-14-23-8-5-4-6-9-23/h4-13,19-22,30,35H,14-18H2,1-3H3/t22-,30+/m1/s1. The maximum atomic E-state index is 13.5. The Balaban J connectivity index is 1.53. The lowest BCUT2D eigenvalue weighted by atomic mass is 9.94. The van der Waals surface area contributed by atoms with Crippen molar-refractivity contribution < 1.29 is 24.2 Å². The molecule has 39 heavy (non-hydrogen) atoms. The van der Waals surface area contributed by atoms with E-state index < -0.39 is 17.7 Å². The van der Waals surface area contributed by atoms with E-state index in [-0.39, 0.29) is 17.4 Å². The molecule has 0 aromatic heterocycles. The van der Waals surface area contributed by atoms with Gasteiger partial charge in [0.15, 0.2) is 0 Å². The molecule has 1 fully saturated rings. The zero-order valence-electron chi connectivity index (χ0n) is 22.7. The van der Waals surface area contributed by atoms with Gasteiger partial charge in [0.1, 0.15) is 23.4 Å². The van der Waals surface area contributed by atoms with E-state index >= 15 is 0 Å². The maximum absolute atomic E-state index is 13.5. The van der Waals surface area contributed by atoms with E-state index in [4.69, 9.17) is 9.47 Å². The average Bonchev–Trinajstić information content (AvgIpc) is 3.42. The molecule has 5 rings (SSSR count). The Morgan fingerprint density at radius 3 is 2.62 bits per heavy atom. The number of hydrogen-bond acceptors (Lipinski definition) is 5. The van der Waals surface area contributed by atoms with E-state index in [1.165, 1.54) is 0 Å². The molecular weight excluding hydrogens is 490 g/mol. The number of amides is 1. The second-order valence-electron chi connectivity index (χ2n) is 10.8. The number of aliphatic hydroxyl groups is 1. The third kappa shape index (κ3) is 5.70. The number of nitrogens with zero attached hydrogens (tertiary/aromatic N) is 1. The summed E-state index contributed by atoms with van der Waals surface area (Å²) in [4.78, 5) is 28.5. The first-order valence-corrected chi connectivity index (χ1v) is 13.7. The van der Waals surface area contributed by atoms with Crippen LogP contribution in [-0.2, 0) is 22.4 Å². The Hall–Kier alpha value is -4.06. The van der Waals surface area contributed by atoms with Gasteiger partial charge in [0, 0.05) is 18.5 Å². The van der Waals surface area contributed by atoms with Crippen LogP contribution in [0.1, 0.15) is 55.5 Å². The molecule has 0 bridgehead atoms. The number of likely N-dealkylation sites (tertiary alicyclic amines) is 1. The Kier molecular flexibility index (Phi) is 7.73. The summed E-state index contributed by atoms with van der Waals surface area (Å²) in [6.07, 6.45) is 2.28. The van der Waals surface area contributed by atoms with Crippen molar-refractivity contribution in [3.05, 3.63) is 101 Å². The van der Waals surface area contributed by atoms with Crippen molar-refractivity contribution >= 4 is 17.4 Å². The molecule has 6 nitrogen and oxygen atoms in total. The lowest BCUT2D eigenvalue weighted by Crippen LogP contribution is -2.31. The van der Waals surface area contributed by atoms with Crippen LogP contribution in [0.15, 0.2) is 78.4 Å². The molecule has 1 N–H and O–H groups in total. The molecular formula is C33H35NO5. The zero-order chi connectivity index (χ0) is 27.5. The van der Waals surface area contributed by atoms with Crippen LogP contribution in [0, 0.1) is 5.92 Å². The minimum atomic E-state index is -0.731. The first kappa shape index (κ1) is 26.5. The smallest absolute Gasteiger partial charge is 0.295 e. The van der Waals surface area contributed by atoms with Crippen molar-refractivity contribution in [3.63, 3.8) is 0 Å².